The molecule has 2 aromatic heterocycles. The van der Waals surface area contributed by atoms with E-state index in [-0.39, 0.29) is 5.97 Å². The van der Waals surface area contributed by atoms with E-state index in [1.807, 2.05) is 12.3 Å². The molecule has 0 radical (unpaired) electrons. The van der Waals surface area contributed by atoms with Crippen LogP contribution in [0.1, 0.15) is 15.9 Å². The number of anilines is 2. The van der Waals surface area contributed by atoms with Gasteiger partial charge in [0, 0.05) is 38.6 Å². The Morgan fingerprint density at radius 2 is 1.57 bits per heavy atom. The van der Waals surface area contributed by atoms with E-state index in [4.69, 9.17) is 4.74 Å². The van der Waals surface area contributed by atoms with Gasteiger partial charge in [-0.3, -0.25) is 0 Å². The molecule has 3 rings (SSSR count). The first kappa shape index (κ1) is 15.3. The van der Waals surface area contributed by atoms with E-state index < -0.39 is 0 Å². The van der Waals surface area contributed by atoms with Crippen LogP contribution in [0.5, 0.6) is 0 Å². The van der Waals surface area contributed by atoms with Crippen LogP contribution in [-0.2, 0) is 4.74 Å². The minimum Gasteiger partial charge on any atom is -0.465 e. The topological polar surface area (TPSA) is 58.6 Å². The molecule has 1 fully saturated rings. The van der Waals surface area contributed by atoms with Crippen molar-refractivity contribution in [3.05, 3.63) is 47.8 Å². The molecule has 1 saturated heterocycles. The Morgan fingerprint density at radius 1 is 1.00 bits per heavy atom. The number of methoxy groups -OCH3 is 1. The van der Waals surface area contributed by atoms with Gasteiger partial charge in [-0.05, 0) is 30.7 Å². The van der Waals surface area contributed by atoms with Crippen LogP contribution in [0.4, 0.5) is 11.6 Å². The highest BCUT2D eigenvalue weighted by molar-refractivity contribution is 5.94. The molecular formula is C17H20N4O2. The van der Waals surface area contributed by atoms with Crippen LogP contribution in [0.3, 0.4) is 0 Å². The summed E-state index contributed by atoms with van der Waals surface area (Å²) in [5, 5.41) is 0. The number of aromatic nitrogens is 2. The number of aryl methyl sites for hydroxylation is 1. The summed E-state index contributed by atoms with van der Waals surface area (Å²) in [6.07, 6.45) is 3.53. The molecule has 2 aromatic rings. The van der Waals surface area contributed by atoms with Gasteiger partial charge in [0.25, 0.3) is 0 Å². The van der Waals surface area contributed by atoms with Crippen molar-refractivity contribution in [2.45, 2.75) is 6.92 Å². The van der Waals surface area contributed by atoms with E-state index >= 15 is 0 Å². The number of piperazine rings is 1. The van der Waals surface area contributed by atoms with Crippen molar-refractivity contribution < 1.29 is 9.53 Å². The predicted molar refractivity (Wildman–Crippen MR) is 89.0 cm³/mol. The van der Waals surface area contributed by atoms with Crippen molar-refractivity contribution in [1.29, 1.82) is 0 Å². The fraction of sp³-hybridized carbons (Fsp3) is 0.353. The third-order valence-corrected chi connectivity index (χ3v) is 4.05. The molecule has 6 nitrogen and oxygen atoms in total. The molecule has 0 bridgehead atoms. The zero-order valence-electron chi connectivity index (χ0n) is 13.4. The van der Waals surface area contributed by atoms with Crippen LogP contribution < -0.4 is 9.80 Å². The van der Waals surface area contributed by atoms with Gasteiger partial charge in [-0.15, -0.1) is 0 Å². The standard InChI is InChI=1S/C17H20N4O2/c1-13-5-3-7-18-15(13)20-9-11-21(12-10-20)16-14(17(22)23-2)6-4-8-19-16/h3-8H,9-12H2,1-2H3. The first-order valence-corrected chi connectivity index (χ1v) is 7.65. The largest absolute Gasteiger partial charge is 0.465 e. The molecule has 3 heterocycles. The first-order chi connectivity index (χ1) is 11.2. The Morgan fingerprint density at radius 3 is 2.17 bits per heavy atom. The van der Waals surface area contributed by atoms with Crippen LogP contribution in [0.15, 0.2) is 36.7 Å². The van der Waals surface area contributed by atoms with Crippen LogP contribution in [-0.4, -0.2) is 49.2 Å². The first-order valence-electron chi connectivity index (χ1n) is 7.65. The van der Waals surface area contributed by atoms with E-state index in [0.29, 0.717) is 11.4 Å². The molecule has 23 heavy (non-hydrogen) atoms. The molecule has 0 atom stereocenters. The molecule has 0 aromatic carbocycles. The van der Waals surface area contributed by atoms with Crippen molar-refractivity contribution >= 4 is 17.6 Å². The number of hydrogen-bond donors (Lipinski definition) is 0. The predicted octanol–water partition coefficient (Wildman–Crippen LogP) is 1.90. The molecule has 0 spiro atoms. The van der Waals surface area contributed by atoms with E-state index in [1.54, 1.807) is 18.3 Å². The molecule has 0 aliphatic carbocycles. The lowest BCUT2D eigenvalue weighted by atomic mass is 10.2. The fourth-order valence-electron chi connectivity index (χ4n) is 2.86. The quantitative estimate of drug-likeness (QED) is 0.807. The minimum atomic E-state index is -0.351. The molecular weight excluding hydrogens is 292 g/mol. The van der Waals surface area contributed by atoms with Crippen molar-refractivity contribution in [3.63, 3.8) is 0 Å². The molecule has 0 unspecified atom stereocenters. The van der Waals surface area contributed by atoms with E-state index in [9.17, 15) is 4.79 Å². The lowest BCUT2D eigenvalue weighted by Gasteiger charge is -2.37. The number of esters is 1. The summed E-state index contributed by atoms with van der Waals surface area (Å²) in [5.74, 6) is 1.37. The van der Waals surface area contributed by atoms with Crippen LogP contribution in [0, 0.1) is 6.92 Å². The zero-order chi connectivity index (χ0) is 16.2. The van der Waals surface area contributed by atoms with Crippen molar-refractivity contribution in [2.24, 2.45) is 0 Å². The maximum atomic E-state index is 11.9. The van der Waals surface area contributed by atoms with Gasteiger partial charge in [0.2, 0.25) is 0 Å². The second kappa shape index (κ2) is 6.64. The average Bonchev–Trinajstić information content (AvgIpc) is 2.62. The monoisotopic (exact) mass is 312 g/mol. The van der Waals surface area contributed by atoms with Gasteiger partial charge in [0.05, 0.1) is 7.11 Å². The molecule has 1 aliphatic rings. The maximum Gasteiger partial charge on any atom is 0.341 e. The number of pyridine rings is 2. The number of carbonyl (C=O) groups is 1. The summed E-state index contributed by atoms with van der Waals surface area (Å²) in [5.41, 5.74) is 1.69. The van der Waals surface area contributed by atoms with Crippen molar-refractivity contribution in [2.75, 3.05) is 43.1 Å². The van der Waals surface area contributed by atoms with Gasteiger partial charge >= 0.3 is 5.97 Å². The van der Waals surface area contributed by atoms with E-state index in [1.165, 1.54) is 12.7 Å². The van der Waals surface area contributed by atoms with Crippen LogP contribution in [0.25, 0.3) is 0 Å². The Balaban J connectivity index is 1.75. The summed E-state index contributed by atoms with van der Waals surface area (Å²) in [7, 11) is 1.39. The highest BCUT2D eigenvalue weighted by Gasteiger charge is 2.23. The van der Waals surface area contributed by atoms with Gasteiger partial charge in [-0.2, -0.15) is 0 Å². The molecule has 0 N–H and O–H groups in total. The van der Waals surface area contributed by atoms with Gasteiger partial charge in [-0.25, -0.2) is 14.8 Å². The number of carbonyl (C=O) groups excluding carboxylic acids is 1. The van der Waals surface area contributed by atoms with Gasteiger partial charge in [0.15, 0.2) is 0 Å². The smallest absolute Gasteiger partial charge is 0.341 e. The van der Waals surface area contributed by atoms with Crippen molar-refractivity contribution in [3.8, 4) is 0 Å². The van der Waals surface area contributed by atoms with Gasteiger partial charge < -0.3 is 14.5 Å². The van der Waals surface area contributed by atoms with Gasteiger partial charge in [-0.1, -0.05) is 6.07 Å². The van der Waals surface area contributed by atoms with Crippen LogP contribution in [0.2, 0.25) is 0 Å². The highest BCUT2D eigenvalue weighted by Crippen LogP contribution is 2.22. The fourth-order valence-corrected chi connectivity index (χ4v) is 2.86. The second-order valence-corrected chi connectivity index (χ2v) is 5.48. The molecule has 6 heteroatoms. The number of nitrogens with zero attached hydrogens (tertiary/aromatic N) is 4. The molecule has 0 saturated carbocycles. The second-order valence-electron chi connectivity index (χ2n) is 5.48. The third-order valence-electron chi connectivity index (χ3n) is 4.05. The Labute approximate surface area is 135 Å². The lowest BCUT2D eigenvalue weighted by Crippen LogP contribution is -2.47. The Hall–Kier alpha value is -2.63. The van der Waals surface area contributed by atoms with E-state index in [2.05, 4.69) is 32.8 Å². The molecule has 120 valence electrons. The Bertz CT molecular complexity index is 696. The van der Waals surface area contributed by atoms with Crippen LogP contribution >= 0.6 is 0 Å². The average molecular weight is 312 g/mol. The highest BCUT2D eigenvalue weighted by atomic mass is 16.5. The van der Waals surface area contributed by atoms with Crippen molar-refractivity contribution in [1.82, 2.24) is 9.97 Å². The van der Waals surface area contributed by atoms with Gasteiger partial charge in [0.1, 0.15) is 17.2 Å². The third kappa shape index (κ3) is 3.11. The summed E-state index contributed by atoms with van der Waals surface area (Å²) in [4.78, 5) is 25.1. The minimum absolute atomic E-state index is 0.351. The summed E-state index contributed by atoms with van der Waals surface area (Å²) in [6, 6.07) is 7.53. The maximum absolute atomic E-state index is 11.9. The summed E-state index contributed by atoms with van der Waals surface area (Å²) in [6.45, 7) is 5.33. The normalized spacial score (nSPS) is 14.7. The molecule has 0 amide bonds. The summed E-state index contributed by atoms with van der Waals surface area (Å²) >= 11 is 0. The Kier molecular flexibility index (Phi) is 4.41. The SMILES string of the molecule is COC(=O)c1cccnc1N1CCN(c2ncccc2C)CC1. The zero-order valence-corrected chi connectivity index (χ0v) is 13.4. The number of ether oxygens (including phenoxy) is 1. The van der Waals surface area contributed by atoms with E-state index in [0.717, 1.165) is 32.0 Å². The lowest BCUT2D eigenvalue weighted by molar-refractivity contribution is 0.0601. The number of rotatable bonds is 3. The summed E-state index contributed by atoms with van der Waals surface area (Å²) < 4.78 is 4.85. The molecule has 1 aliphatic heterocycles. The number of hydrogen-bond acceptors (Lipinski definition) is 6.